The number of hydrogen-bond donors (Lipinski definition) is 1. The van der Waals surface area contributed by atoms with Gasteiger partial charge in [0.2, 0.25) is 0 Å². The minimum Gasteiger partial charge on any atom is -0.413 e. The van der Waals surface area contributed by atoms with Crippen molar-refractivity contribution in [1.82, 2.24) is 0 Å². The molecule has 1 N–H and O–H groups in total. The lowest BCUT2D eigenvalue weighted by atomic mass is 9.44. The van der Waals surface area contributed by atoms with Crippen LogP contribution in [-0.2, 0) is 4.43 Å². The zero-order chi connectivity index (χ0) is 29.2. The minimum atomic E-state index is -1.75. The van der Waals surface area contributed by atoms with Crippen LogP contribution in [0.15, 0.2) is 0 Å². The largest absolute Gasteiger partial charge is 0.413 e. The van der Waals surface area contributed by atoms with Crippen LogP contribution >= 0.6 is 0 Å². The molecule has 0 radical (unpaired) electrons. The zero-order valence-electron chi connectivity index (χ0n) is 28.4. The van der Waals surface area contributed by atoms with Crippen LogP contribution in [0.1, 0.15) is 170 Å². The molecule has 4 saturated carbocycles. The van der Waals surface area contributed by atoms with Crippen molar-refractivity contribution in [1.29, 1.82) is 0 Å². The van der Waals surface area contributed by atoms with E-state index in [-0.39, 0.29) is 10.6 Å². The van der Waals surface area contributed by atoms with Crippen molar-refractivity contribution < 1.29 is 9.53 Å². The maximum absolute atomic E-state index is 11.7. The molecule has 0 bridgehead atoms. The summed E-state index contributed by atoms with van der Waals surface area (Å²) < 4.78 is 7.17. The van der Waals surface area contributed by atoms with Gasteiger partial charge in [-0.2, -0.15) is 0 Å². The van der Waals surface area contributed by atoms with Crippen molar-refractivity contribution in [3.8, 4) is 0 Å². The Labute approximate surface area is 251 Å². The van der Waals surface area contributed by atoms with E-state index in [1.165, 1.54) is 109 Å². The molecule has 0 amide bonds. The molecule has 4 aliphatic carbocycles. The first-order valence-electron chi connectivity index (χ1n) is 18.2. The van der Waals surface area contributed by atoms with Gasteiger partial charge in [0.05, 0.1) is 11.7 Å². The molecule has 0 aliphatic heterocycles. The van der Waals surface area contributed by atoms with E-state index < -0.39 is 8.32 Å². The normalized spacial score (nSPS) is 40.0. The first kappa shape index (κ1) is 33.0. The van der Waals surface area contributed by atoms with Crippen molar-refractivity contribution in [2.45, 2.75) is 200 Å². The monoisotopic (exact) mass is 575 g/mol. The number of unbranched alkanes of at least 4 members (excludes halogenated alkanes) is 9. The smallest absolute Gasteiger partial charge is 0.192 e. The highest BCUT2D eigenvalue weighted by Crippen LogP contribution is 2.67. The lowest BCUT2D eigenvalue weighted by Crippen LogP contribution is -2.57. The first-order valence-corrected chi connectivity index (χ1v) is 21.1. The maximum atomic E-state index is 11.7. The van der Waals surface area contributed by atoms with Crippen LogP contribution in [0.2, 0.25) is 18.1 Å². The van der Waals surface area contributed by atoms with Crippen LogP contribution in [0.25, 0.3) is 0 Å². The molecule has 3 heteroatoms. The Morgan fingerprint density at radius 2 is 1.32 bits per heavy atom. The van der Waals surface area contributed by atoms with E-state index in [2.05, 4.69) is 54.6 Å². The Morgan fingerprint density at radius 3 is 1.95 bits per heavy atom. The predicted octanol–water partition coefficient (Wildman–Crippen LogP) is 11.5. The van der Waals surface area contributed by atoms with Crippen molar-refractivity contribution in [3.05, 3.63) is 0 Å². The van der Waals surface area contributed by atoms with E-state index in [4.69, 9.17) is 4.43 Å². The van der Waals surface area contributed by atoms with Crippen LogP contribution in [0.5, 0.6) is 0 Å². The number of fused-ring (bicyclic) bond motifs is 5. The van der Waals surface area contributed by atoms with Gasteiger partial charge >= 0.3 is 0 Å². The average Bonchev–Trinajstić information content (AvgIpc) is 3.20. The maximum Gasteiger partial charge on any atom is 0.192 e. The summed E-state index contributed by atoms with van der Waals surface area (Å²) >= 11 is 0. The van der Waals surface area contributed by atoms with E-state index in [1.807, 2.05) is 0 Å². The summed E-state index contributed by atoms with van der Waals surface area (Å²) in [5.74, 6) is 3.35. The van der Waals surface area contributed by atoms with Gasteiger partial charge in [-0.25, -0.2) is 0 Å². The third-order valence-corrected chi connectivity index (χ3v) is 18.5. The molecular weight excluding hydrogens is 504 g/mol. The van der Waals surface area contributed by atoms with Gasteiger partial charge in [-0.3, -0.25) is 0 Å². The summed E-state index contributed by atoms with van der Waals surface area (Å²) in [7, 11) is -1.75. The van der Waals surface area contributed by atoms with Crippen molar-refractivity contribution in [3.63, 3.8) is 0 Å². The van der Waals surface area contributed by atoms with E-state index in [1.54, 1.807) is 0 Å². The van der Waals surface area contributed by atoms with E-state index in [9.17, 15) is 5.11 Å². The Kier molecular flexibility index (Phi) is 10.7. The van der Waals surface area contributed by atoms with Crippen molar-refractivity contribution in [2.24, 2.45) is 34.5 Å². The van der Waals surface area contributed by atoms with Gasteiger partial charge in [0.25, 0.3) is 0 Å². The van der Waals surface area contributed by atoms with Crippen molar-refractivity contribution >= 4 is 8.32 Å². The molecule has 0 aromatic heterocycles. The van der Waals surface area contributed by atoms with Crippen LogP contribution in [0.3, 0.4) is 0 Å². The SMILES string of the molecule is CCCCCCCCCCCC[C@@]1(O)CC[C@@]2(C)[C@@H](CC[C@@H]3[C@@H]2CC[C@]2(C)[C@@H](O[Si](C)(C)C(C)(C)C)CC[C@@H]32)C1. The fraction of sp³-hybridized carbons (Fsp3) is 1.00. The molecule has 0 aromatic carbocycles. The standard InChI is InChI=1S/C37H70O2Si/c1-9-10-11-12-13-14-15-16-17-18-24-37(38)27-26-35(5)29(28-37)19-20-30-31-21-22-33(36(31,6)25-23-32(30)35)39-40(7,8)34(2,3)4/h29-33,38H,9-28H2,1-8H3/t29-,30-,31-,32-,33-,35-,36-,37+/m0/s1. The minimum absolute atomic E-state index is 0.289. The van der Waals surface area contributed by atoms with Crippen LogP contribution < -0.4 is 0 Å². The molecule has 8 atom stereocenters. The van der Waals surface area contributed by atoms with Gasteiger partial charge in [-0.05, 0) is 117 Å². The van der Waals surface area contributed by atoms with E-state index in [0.29, 0.717) is 16.9 Å². The third-order valence-electron chi connectivity index (χ3n) is 14.0. The Hall–Kier alpha value is 0.137. The lowest BCUT2D eigenvalue weighted by molar-refractivity contribution is -0.155. The summed E-state index contributed by atoms with van der Waals surface area (Å²) in [4.78, 5) is 0. The second-order valence-electron chi connectivity index (χ2n) is 17.5. The van der Waals surface area contributed by atoms with Gasteiger partial charge in [0.1, 0.15) is 0 Å². The molecule has 4 fully saturated rings. The Balaban J connectivity index is 1.27. The molecule has 4 rings (SSSR count). The summed E-state index contributed by atoms with van der Waals surface area (Å²) in [6, 6.07) is 0. The predicted molar refractivity (Wildman–Crippen MR) is 175 cm³/mol. The summed E-state index contributed by atoms with van der Waals surface area (Å²) in [6.07, 6.45) is 26.9. The molecule has 4 aliphatic rings. The number of hydrogen-bond acceptors (Lipinski definition) is 2. The number of aliphatic hydroxyl groups is 1. The molecule has 0 spiro atoms. The van der Waals surface area contributed by atoms with Gasteiger partial charge < -0.3 is 9.53 Å². The van der Waals surface area contributed by atoms with Gasteiger partial charge in [-0.1, -0.05) is 106 Å². The highest BCUT2D eigenvalue weighted by molar-refractivity contribution is 6.74. The van der Waals surface area contributed by atoms with Gasteiger partial charge in [0.15, 0.2) is 8.32 Å². The van der Waals surface area contributed by atoms with E-state index >= 15 is 0 Å². The molecule has 40 heavy (non-hydrogen) atoms. The van der Waals surface area contributed by atoms with Crippen molar-refractivity contribution in [2.75, 3.05) is 0 Å². The first-order chi connectivity index (χ1) is 18.8. The van der Waals surface area contributed by atoms with Gasteiger partial charge in [-0.15, -0.1) is 0 Å². The van der Waals surface area contributed by atoms with Gasteiger partial charge in [0, 0.05) is 0 Å². The summed E-state index contributed by atoms with van der Waals surface area (Å²) in [6.45, 7) is 19.7. The van der Waals surface area contributed by atoms with E-state index in [0.717, 1.165) is 42.9 Å². The number of rotatable bonds is 13. The Bertz CT molecular complexity index is 802. The molecular formula is C37H70O2Si. The fourth-order valence-electron chi connectivity index (χ4n) is 10.2. The molecule has 0 heterocycles. The quantitative estimate of drug-likeness (QED) is 0.175. The average molecular weight is 575 g/mol. The van der Waals surface area contributed by atoms with Crippen LogP contribution in [-0.4, -0.2) is 25.1 Å². The molecule has 234 valence electrons. The van der Waals surface area contributed by atoms with Crippen LogP contribution in [0, 0.1) is 34.5 Å². The second-order valence-corrected chi connectivity index (χ2v) is 22.3. The summed E-state index contributed by atoms with van der Waals surface area (Å²) in [5.41, 5.74) is 0.452. The molecule has 0 aromatic rings. The zero-order valence-corrected chi connectivity index (χ0v) is 29.4. The highest BCUT2D eigenvalue weighted by Gasteiger charge is 2.62. The molecule has 0 unspecified atom stereocenters. The third kappa shape index (κ3) is 6.93. The molecule has 2 nitrogen and oxygen atoms in total. The lowest BCUT2D eigenvalue weighted by Gasteiger charge is -2.62. The highest BCUT2D eigenvalue weighted by atomic mass is 28.4. The van der Waals surface area contributed by atoms with Crippen LogP contribution in [0.4, 0.5) is 0 Å². The fourth-order valence-corrected chi connectivity index (χ4v) is 11.6. The Morgan fingerprint density at radius 1 is 0.725 bits per heavy atom. The molecule has 0 saturated heterocycles. The summed E-state index contributed by atoms with van der Waals surface area (Å²) in [5, 5.41) is 12.0. The topological polar surface area (TPSA) is 29.5 Å². The second kappa shape index (κ2) is 13.0.